The molecule has 6 heteroatoms. The summed E-state index contributed by atoms with van der Waals surface area (Å²) in [6.07, 6.45) is 1.43. The molecule has 0 bridgehead atoms. The molecule has 1 heterocycles. The highest BCUT2D eigenvalue weighted by Gasteiger charge is 2.21. The molecule has 0 saturated carbocycles. The zero-order valence-electron chi connectivity index (χ0n) is 13.0. The van der Waals surface area contributed by atoms with Crippen LogP contribution < -0.4 is 4.90 Å². The number of carbonyl (C=O) groups excluding carboxylic acids is 2. The van der Waals surface area contributed by atoms with E-state index in [1.165, 1.54) is 13.3 Å². The van der Waals surface area contributed by atoms with Crippen LogP contribution in [0.1, 0.15) is 27.6 Å². The number of esters is 2. The van der Waals surface area contributed by atoms with Crippen LogP contribution in [0.4, 0.5) is 5.69 Å². The molecule has 0 unspecified atom stereocenters. The summed E-state index contributed by atoms with van der Waals surface area (Å²) in [5, 5.41) is 0.693. The van der Waals surface area contributed by atoms with Gasteiger partial charge in [-0.05, 0) is 13.0 Å². The molecule has 0 N–H and O–H groups in total. The lowest BCUT2D eigenvalue weighted by Crippen LogP contribution is -2.17. The van der Waals surface area contributed by atoms with Crippen LogP contribution >= 0.6 is 0 Å². The summed E-state index contributed by atoms with van der Waals surface area (Å²) in [5.41, 5.74) is 1.88. The second kappa shape index (κ2) is 6.43. The van der Waals surface area contributed by atoms with E-state index >= 15 is 0 Å². The highest BCUT2D eigenvalue weighted by molar-refractivity contribution is 6.10. The molecular weight excluding hydrogens is 284 g/mol. The second-order valence-electron chi connectivity index (χ2n) is 4.83. The molecule has 0 atom stereocenters. The number of fused-ring (bicyclic) bond motifs is 1. The minimum Gasteiger partial charge on any atom is -0.465 e. The van der Waals surface area contributed by atoms with E-state index in [0.717, 1.165) is 0 Å². The number of nitrogens with zero attached hydrogens (tertiary/aromatic N) is 2. The first-order valence-electron chi connectivity index (χ1n) is 6.85. The van der Waals surface area contributed by atoms with Gasteiger partial charge >= 0.3 is 11.9 Å². The molecule has 0 aliphatic carbocycles. The lowest BCUT2D eigenvalue weighted by molar-refractivity contribution is 0.0526. The maximum atomic E-state index is 12.1. The standard InChI is InChI=1S/C16H18N2O4/c1-5-22-16(20)12-9-17-13-10(14(12)18(2)3)7-6-8-11(13)15(19)21-4/h6-9H,5H2,1-4H3. The number of hydrogen-bond donors (Lipinski definition) is 0. The number of carbonyl (C=O) groups is 2. The van der Waals surface area contributed by atoms with E-state index < -0.39 is 11.9 Å². The summed E-state index contributed by atoms with van der Waals surface area (Å²) >= 11 is 0. The number of methoxy groups -OCH3 is 1. The molecule has 2 aromatic rings. The predicted molar refractivity (Wildman–Crippen MR) is 83.4 cm³/mol. The van der Waals surface area contributed by atoms with Crippen molar-refractivity contribution in [1.82, 2.24) is 4.98 Å². The quantitative estimate of drug-likeness (QED) is 0.807. The van der Waals surface area contributed by atoms with E-state index in [-0.39, 0.29) is 6.61 Å². The molecule has 0 radical (unpaired) electrons. The molecule has 0 aliphatic rings. The van der Waals surface area contributed by atoms with Gasteiger partial charge in [0, 0.05) is 25.7 Å². The van der Waals surface area contributed by atoms with Crippen molar-refractivity contribution in [3.05, 3.63) is 35.5 Å². The molecule has 0 saturated heterocycles. The summed E-state index contributed by atoms with van der Waals surface area (Å²) in [4.78, 5) is 30.0. The van der Waals surface area contributed by atoms with Gasteiger partial charge in [-0.25, -0.2) is 9.59 Å². The minimum absolute atomic E-state index is 0.284. The number of anilines is 1. The van der Waals surface area contributed by atoms with E-state index in [1.807, 2.05) is 20.2 Å². The monoisotopic (exact) mass is 302 g/mol. The van der Waals surface area contributed by atoms with E-state index in [1.54, 1.807) is 24.0 Å². The van der Waals surface area contributed by atoms with E-state index in [0.29, 0.717) is 27.7 Å². The SMILES string of the molecule is CCOC(=O)c1cnc2c(C(=O)OC)cccc2c1N(C)C. The van der Waals surface area contributed by atoms with Gasteiger partial charge in [-0.1, -0.05) is 12.1 Å². The number of para-hydroxylation sites is 1. The van der Waals surface area contributed by atoms with Crippen molar-refractivity contribution in [3.63, 3.8) is 0 Å². The number of rotatable bonds is 4. The molecule has 0 spiro atoms. The third-order valence-electron chi connectivity index (χ3n) is 3.22. The maximum Gasteiger partial charge on any atom is 0.341 e. The van der Waals surface area contributed by atoms with Crippen molar-refractivity contribution in [2.45, 2.75) is 6.92 Å². The Kier molecular flexibility index (Phi) is 4.60. The predicted octanol–water partition coefficient (Wildman–Crippen LogP) is 2.26. The van der Waals surface area contributed by atoms with Crippen LogP contribution in [0.3, 0.4) is 0 Å². The van der Waals surface area contributed by atoms with Crippen LogP contribution in [-0.4, -0.2) is 44.7 Å². The summed E-state index contributed by atoms with van der Waals surface area (Å²) in [7, 11) is 4.96. The maximum absolute atomic E-state index is 12.1. The van der Waals surface area contributed by atoms with E-state index in [9.17, 15) is 9.59 Å². The smallest absolute Gasteiger partial charge is 0.341 e. The Morgan fingerprint density at radius 2 is 1.91 bits per heavy atom. The van der Waals surface area contributed by atoms with Gasteiger partial charge in [-0.2, -0.15) is 0 Å². The molecule has 0 aliphatic heterocycles. The summed E-state index contributed by atoms with van der Waals surface area (Å²) in [6, 6.07) is 5.19. The van der Waals surface area contributed by atoms with Crippen LogP contribution in [0.25, 0.3) is 10.9 Å². The highest BCUT2D eigenvalue weighted by Crippen LogP contribution is 2.30. The number of benzene rings is 1. The molecule has 0 fully saturated rings. The minimum atomic E-state index is -0.466. The second-order valence-corrected chi connectivity index (χ2v) is 4.83. The molecule has 2 rings (SSSR count). The van der Waals surface area contributed by atoms with Crippen molar-refractivity contribution in [3.8, 4) is 0 Å². The number of ether oxygens (including phenoxy) is 2. The van der Waals surface area contributed by atoms with Gasteiger partial charge in [-0.15, -0.1) is 0 Å². The van der Waals surface area contributed by atoms with Gasteiger partial charge in [0.05, 0.1) is 30.5 Å². The third-order valence-corrected chi connectivity index (χ3v) is 3.22. The van der Waals surface area contributed by atoms with Gasteiger partial charge in [-0.3, -0.25) is 4.98 Å². The lowest BCUT2D eigenvalue weighted by atomic mass is 10.0. The number of pyridine rings is 1. The average molecular weight is 302 g/mol. The topological polar surface area (TPSA) is 68.7 Å². The first-order valence-corrected chi connectivity index (χ1v) is 6.85. The Hall–Kier alpha value is -2.63. The Bertz CT molecular complexity index is 725. The van der Waals surface area contributed by atoms with Gasteiger partial charge in [0.15, 0.2) is 0 Å². The largest absolute Gasteiger partial charge is 0.465 e. The van der Waals surface area contributed by atoms with Crippen molar-refractivity contribution in [1.29, 1.82) is 0 Å². The molecule has 116 valence electrons. The number of hydrogen-bond acceptors (Lipinski definition) is 6. The fourth-order valence-electron chi connectivity index (χ4n) is 2.32. The van der Waals surface area contributed by atoms with E-state index in [2.05, 4.69) is 4.98 Å². The molecule has 1 aromatic carbocycles. The molecule has 6 nitrogen and oxygen atoms in total. The first kappa shape index (κ1) is 15.8. The Labute approximate surface area is 128 Å². The van der Waals surface area contributed by atoms with Crippen molar-refractivity contribution < 1.29 is 19.1 Å². The van der Waals surface area contributed by atoms with Gasteiger partial charge in [0.2, 0.25) is 0 Å². The zero-order valence-corrected chi connectivity index (χ0v) is 13.0. The van der Waals surface area contributed by atoms with E-state index in [4.69, 9.17) is 9.47 Å². The normalized spacial score (nSPS) is 10.4. The Morgan fingerprint density at radius 3 is 2.50 bits per heavy atom. The van der Waals surface area contributed by atoms with Gasteiger partial charge in [0.25, 0.3) is 0 Å². The van der Waals surface area contributed by atoms with Crippen molar-refractivity contribution >= 4 is 28.5 Å². The lowest BCUT2D eigenvalue weighted by Gasteiger charge is -2.19. The van der Waals surface area contributed by atoms with Gasteiger partial charge in [0.1, 0.15) is 5.56 Å². The molecule has 0 amide bonds. The fraction of sp³-hybridized carbons (Fsp3) is 0.312. The van der Waals surface area contributed by atoms with Crippen molar-refractivity contribution in [2.24, 2.45) is 0 Å². The zero-order chi connectivity index (χ0) is 16.3. The number of aromatic nitrogens is 1. The summed E-state index contributed by atoms with van der Waals surface area (Å²) in [6.45, 7) is 2.03. The molecule has 1 aromatic heterocycles. The molecule has 22 heavy (non-hydrogen) atoms. The Balaban J connectivity index is 2.75. The first-order chi connectivity index (χ1) is 10.5. The third kappa shape index (κ3) is 2.72. The summed E-state index contributed by atoms with van der Waals surface area (Å²) < 4.78 is 9.85. The highest BCUT2D eigenvalue weighted by atomic mass is 16.5. The van der Waals surface area contributed by atoms with Crippen LogP contribution in [0.2, 0.25) is 0 Å². The van der Waals surface area contributed by atoms with Gasteiger partial charge < -0.3 is 14.4 Å². The van der Waals surface area contributed by atoms with Crippen LogP contribution in [0, 0.1) is 0 Å². The van der Waals surface area contributed by atoms with Crippen LogP contribution in [0.15, 0.2) is 24.4 Å². The van der Waals surface area contributed by atoms with Crippen molar-refractivity contribution in [2.75, 3.05) is 32.7 Å². The summed E-state index contributed by atoms with van der Waals surface area (Å²) in [5.74, 6) is -0.907. The molecular formula is C16H18N2O4. The fourth-order valence-corrected chi connectivity index (χ4v) is 2.32. The van der Waals surface area contributed by atoms with Crippen LogP contribution in [0.5, 0.6) is 0 Å². The Morgan fingerprint density at radius 1 is 1.18 bits per heavy atom. The average Bonchev–Trinajstić information content (AvgIpc) is 2.52. The van der Waals surface area contributed by atoms with Crippen LogP contribution in [-0.2, 0) is 9.47 Å².